The number of nitrogens with zero attached hydrogens (tertiary/aromatic N) is 4. The fourth-order valence-corrected chi connectivity index (χ4v) is 1.79. The highest BCUT2D eigenvalue weighted by Crippen LogP contribution is 2.17. The second-order valence-corrected chi connectivity index (χ2v) is 4.35. The van der Waals surface area contributed by atoms with E-state index >= 15 is 0 Å². The normalized spacial score (nSPS) is 10.5. The van der Waals surface area contributed by atoms with Crippen molar-refractivity contribution in [1.29, 1.82) is 5.26 Å². The molecule has 0 unspecified atom stereocenters. The van der Waals surface area contributed by atoms with E-state index in [1.807, 2.05) is 6.07 Å². The van der Waals surface area contributed by atoms with Crippen LogP contribution in [0.4, 0.5) is 8.78 Å². The van der Waals surface area contributed by atoms with Crippen molar-refractivity contribution in [2.45, 2.75) is 13.0 Å². The molecule has 20 heavy (non-hydrogen) atoms. The summed E-state index contributed by atoms with van der Waals surface area (Å²) < 4.78 is 27.7. The Labute approximate surface area is 114 Å². The summed E-state index contributed by atoms with van der Waals surface area (Å²) in [5.74, 6) is -2.19. The van der Waals surface area contributed by atoms with Crippen molar-refractivity contribution < 1.29 is 13.6 Å². The first kappa shape index (κ1) is 13.9. The highest BCUT2D eigenvalue weighted by atomic mass is 19.2. The van der Waals surface area contributed by atoms with Gasteiger partial charge in [-0.15, -0.1) is 0 Å². The lowest BCUT2D eigenvalue weighted by Crippen LogP contribution is -2.30. The highest BCUT2D eigenvalue weighted by molar-refractivity contribution is 5.80. The van der Waals surface area contributed by atoms with Gasteiger partial charge in [-0.2, -0.15) is 5.26 Å². The van der Waals surface area contributed by atoms with E-state index in [1.54, 1.807) is 7.05 Å². The van der Waals surface area contributed by atoms with Crippen molar-refractivity contribution in [2.75, 3.05) is 13.6 Å². The first-order valence-corrected chi connectivity index (χ1v) is 5.93. The van der Waals surface area contributed by atoms with Crippen LogP contribution in [0.1, 0.15) is 6.42 Å². The lowest BCUT2D eigenvalue weighted by molar-refractivity contribution is -0.130. The number of imidazole rings is 1. The van der Waals surface area contributed by atoms with Gasteiger partial charge in [0.25, 0.3) is 0 Å². The number of carbonyl (C=O) groups excluding carboxylic acids is 1. The lowest BCUT2D eigenvalue weighted by Gasteiger charge is -2.15. The average Bonchev–Trinajstić information content (AvgIpc) is 2.79. The molecular weight excluding hydrogens is 266 g/mol. The molecule has 0 aliphatic rings. The Morgan fingerprint density at radius 3 is 2.85 bits per heavy atom. The molecule has 0 radical (unpaired) electrons. The van der Waals surface area contributed by atoms with Gasteiger partial charge in [0.2, 0.25) is 5.91 Å². The molecule has 2 aromatic rings. The fourth-order valence-electron chi connectivity index (χ4n) is 1.79. The summed E-state index contributed by atoms with van der Waals surface area (Å²) in [5.41, 5.74) is 0.641. The van der Waals surface area contributed by atoms with Gasteiger partial charge in [0.05, 0.1) is 29.9 Å². The van der Waals surface area contributed by atoms with Crippen LogP contribution in [0, 0.1) is 23.0 Å². The minimum Gasteiger partial charge on any atom is -0.343 e. The Kier molecular flexibility index (Phi) is 3.94. The number of halogens is 2. The van der Waals surface area contributed by atoms with Crippen molar-refractivity contribution in [3.63, 3.8) is 0 Å². The van der Waals surface area contributed by atoms with E-state index < -0.39 is 11.6 Å². The first-order valence-electron chi connectivity index (χ1n) is 5.93. The Morgan fingerprint density at radius 2 is 2.15 bits per heavy atom. The largest absolute Gasteiger partial charge is 0.343 e. The van der Waals surface area contributed by atoms with Gasteiger partial charge in [0, 0.05) is 25.7 Å². The van der Waals surface area contributed by atoms with Crippen LogP contribution < -0.4 is 0 Å². The molecule has 0 spiro atoms. The summed E-state index contributed by atoms with van der Waals surface area (Å²) in [5, 5.41) is 8.47. The number of rotatable bonds is 4. The van der Waals surface area contributed by atoms with Crippen LogP contribution in [0.15, 0.2) is 18.5 Å². The maximum Gasteiger partial charge on any atom is 0.242 e. The van der Waals surface area contributed by atoms with Crippen molar-refractivity contribution in [3.8, 4) is 6.07 Å². The second kappa shape index (κ2) is 5.65. The number of amides is 1. The van der Waals surface area contributed by atoms with E-state index in [9.17, 15) is 13.6 Å². The minimum absolute atomic E-state index is 0.0382. The molecule has 0 N–H and O–H groups in total. The standard InChI is InChI=1S/C13H12F2N4O/c1-18(4-2-3-16)13(20)7-19-8-17-11-5-9(14)10(15)6-12(11)19/h5-6,8H,2,4,7H2,1H3. The quantitative estimate of drug-likeness (QED) is 0.855. The zero-order chi connectivity index (χ0) is 14.7. The minimum atomic E-state index is -0.982. The van der Waals surface area contributed by atoms with Gasteiger partial charge in [0.1, 0.15) is 6.54 Å². The number of benzene rings is 1. The molecule has 104 valence electrons. The SMILES string of the molecule is CN(CCC#N)C(=O)Cn1cnc2cc(F)c(F)cc21. The van der Waals surface area contributed by atoms with E-state index in [1.165, 1.54) is 15.8 Å². The summed E-state index contributed by atoms with van der Waals surface area (Å²) in [4.78, 5) is 17.3. The molecule has 1 aromatic heterocycles. The van der Waals surface area contributed by atoms with Gasteiger partial charge in [-0.1, -0.05) is 0 Å². The number of carbonyl (C=O) groups is 1. The molecular formula is C13H12F2N4O. The molecule has 1 heterocycles. The van der Waals surface area contributed by atoms with Crippen molar-refractivity contribution in [3.05, 3.63) is 30.1 Å². The third-order valence-electron chi connectivity index (χ3n) is 2.95. The molecule has 0 atom stereocenters. The molecule has 0 fully saturated rings. The first-order chi connectivity index (χ1) is 9.52. The van der Waals surface area contributed by atoms with Crippen molar-refractivity contribution in [2.24, 2.45) is 0 Å². The lowest BCUT2D eigenvalue weighted by atomic mass is 10.3. The number of hydrogen-bond acceptors (Lipinski definition) is 3. The molecule has 5 nitrogen and oxygen atoms in total. The molecule has 2 rings (SSSR count). The Bertz CT molecular complexity index is 689. The van der Waals surface area contributed by atoms with Crippen LogP contribution >= 0.6 is 0 Å². The number of likely N-dealkylation sites (N-methyl/N-ethyl adjacent to an activating group) is 1. The average molecular weight is 278 g/mol. The molecule has 0 bridgehead atoms. The molecule has 1 amide bonds. The molecule has 7 heteroatoms. The van der Waals surface area contributed by atoms with E-state index in [0.29, 0.717) is 12.1 Å². The van der Waals surface area contributed by atoms with E-state index in [4.69, 9.17) is 5.26 Å². The van der Waals surface area contributed by atoms with Crippen LogP contribution in [0.2, 0.25) is 0 Å². The summed E-state index contributed by atoms with van der Waals surface area (Å²) in [7, 11) is 1.58. The predicted molar refractivity (Wildman–Crippen MR) is 67.5 cm³/mol. The number of fused-ring (bicyclic) bond motifs is 1. The second-order valence-electron chi connectivity index (χ2n) is 4.35. The van der Waals surface area contributed by atoms with Gasteiger partial charge >= 0.3 is 0 Å². The molecule has 0 aliphatic carbocycles. The third kappa shape index (κ3) is 2.74. The van der Waals surface area contributed by atoms with Gasteiger partial charge in [-0.25, -0.2) is 13.8 Å². The topological polar surface area (TPSA) is 61.9 Å². The predicted octanol–water partition coefficient (Wildman–Crippen LogP) is 1.69. The third-order valence-corrected chi connectivity index (χ3v) is 2.95. The fraction of sp³-hybridized carbons (Fsp3) is 0.308. The maximum atomic E-state index is 13.2. The van der Waals surface area contributed by atoms with Gasteiger partial charge in [0.15, 0.2) is 11.6 Å². The summed E-state index contributed by atoms with van der Waals surface area (Å²) in [6, 6.07) is 3.96. The molecule has 0 saturated heterocycles. The van der Waals surface area contributed by atoms with Gasteiger partial charge in [-0.3, -0.25) is 4.79 Å². The number of aromatic nitrogens is 2. The smallest absolute Gasteiger partial charge is 0.242 e. The maximum absolute atomic E-state index is 13.2. The van der Waals surface area contributed by atoms with Crippen LogP contribution in [-0.4, -0.2) is 34.0 Å². The zero-order valence-electron chi connectivity index (χ0n) is 10.8. The van der Waals surface area contributed by atoms with E-state index in [0.717, 1.165) is 12.1 Å². The summed E-state index contributed by atoms with van der Waals surface area (Å²) >= 11 is 0. The zero-order valence-corrected chi connectivity index (χ0v) is 10.8. The monoisotopic (exact) mass is 278 g/mol. The number of hydrogen-bond donors (Lipinski definition) is 0. The Balaban J connectivity index is 2.20. The summed E-state index contributed by atoms with van der Waals surface area (Å²) in [6.45, 7) is 0.286. The van der Waals surface area contributed by atoms with Crippen molar-refractivity contribution in [1.82, 2.24) is 14.5 Å². The van der Waals surface area contributed by atoms with E-state index in [-0.39, 0.29) is 24.4 Å². The molecule has 0 saturated carbocycles. The van der Waals surface area contributed by atoms with Gasteiger partial charge < -0.3 is 9.47 Å². The molecule has 0 aliphatic heterocycles. The number of nitriles is 1. The summed E-state index contributed by atoms with van der Waals surface area (Å²) in [6.07, 6.45) is 1.60. The van der Waals surface area contributed by atoms with E-state index in [2.05, 4.69) is 4.98 Å². The van der Waals surface area contributed by atoms with Crippen LogP contribution in [0.25, 0.3) is 11.0 Å². The molecule has 1 aromatic carbocycles. The van der Waals surface area contributed by atoms with Crippen LogP contribution in [0.5, 0.6) is 0 Å². The van der Waals surface area contributed by atoms with Crippen LogP contribution in [0.3, 0.4) is 0 Å². The highest BCUT2D eigenvalue weighted by Gasteiger charge is 2.13. The van der Waals surface area contributed by atoms with Gasteiger partial charge in [-0.05, 0) is 0 Å². The Hall–Kier alpha value is -2.49. The van der Waals surface area contributed by atoms with Crippen molar-refractivity contribution >= 4 is 16.9 Å². The Morgan fingerprint density at radius 1 is 1.45 bits per heavy atom. The van der Waals surface area contributed by atoms with Crippen LogP contribution in [-0.2, 0) is 11.3 Å².